The number of fused-ring (bicyclic) bond motifs is 1. The number of aromatic nitrogens is 3. The zero-order valence-electron chi connectivity index (χ0n) is 11.2. The summed E-state index contributed by atoms with van der Waals surface area (Å²) in [5, 5.41) is 14.6. The Morgan fingerprint density at radius 3 is 2.90 bits per heavy atom. The lowest BCUT2D eigenvalue weighted by Crippen LogP contribution is -1.96. The van der Waals surface area contributed by atoms with Crippen LogP contribution in [0.5, 0.6) is 11.6 Å². The highest BCUT2D eigenvalue weighted by Gasteiger charge is 2.09. The lowest BCUT2D eigenvalue weighted by molar-refractivity contribution is 0.275. The van der Waals surface area contributed by atoms with Crippen molar-refractivity contribution in [3.8, 4) is 11.6 Å². The highest BCUT2D eigenvalue weighted by molar-refractivity contribution is 5.80. The van der Waals surface area contributed by atoms with Gasteiger partial charge in [-0.3, -0.25) is 4.68 Å². The van der Waals surface area contributed by atoms with Gasteiger partial charge in [-0.15, -0.1) is 0 Å². The van der Waals surface area contributed by atoms with E-state index in [2.05, 4.69) is 10.1 Å². The molecule has 1 aromatic carbocycles. The van der Waals surface area contributed by atoms with Crippen molar-refractivity contribution in [1.82, 2.24) is 14.8 Å². The summed E-state index contributed by atoms with van der Waals surface area (Å²) in [5.41, 5.74) is 1.50. The first-order valence-electron chi connectivity index (χ1n) is 6.50. The Balaban J connectivity index is 2.00. The van der Waals surface area contributed by atoms with Gasteiger partial charge in [0.15, 0.2) is 5.75 Å². The summed E-state index contributed by atoms with van der Waals surface area (Å²) in [4.78, 5) is 4.46. The quantitative estimate of drug-likeness (QED) is 0.791. The van der Waals surface area contributed by atoms with Crippen molar-refractivity contribution in [2.45, 2.75) is 20.1 Å². The maximum absolute atomic E-state index is 9.47. The molecular weight excluding hydrogens is 254 g/mol. The average molecular weight is 269 g/mol. The van der Waals surface area contributed by atoms with E-state index in [1.54, 1.807) is 17.1 Å². The molecule has 0 spiro atoms. The maximum atomic E-state index is 9.47. The Labute approximate surface area is 116 Å². The second-order valence-corrected chi connectivity index (χ2v) is 4.44. The number of pyridine rings is 1. The van der Waals surface area contributed by atoms with E-state index in [-0.39, 0.29) is 6.61 Å². The number of ether oxygens (including phenoxy) is 1. The van der Waals surface area contributed by atoms with Gasteiger partial charge < -0.3 is 9.84 Å². The van der Waals surface area contributed by atoms with Gasteiger partial charge in [-0.1, -0.05) is 18.2 Å². The van der Waals surface area contributed by atoms with E-state index in [0.29, 0.717) is 17.2 Å². The van der Waals surface area contributed by atoms with Gasteiger partial charge in [-0.2, -0.15) is 5.10 Å². The van der Waals surface area contributed by atoms with Crippen molar-refractivity contribution < 1.29 is 9.84 Å². The third-order valence-corrected chi connectivity index (χ3v) is 3.08. The molecule has 0 fully saturated rings. The first-order valence-corrected chi connectivity index (χ1v) is 6.50. The standard InChI is InChI=1S/C15H15N3O2/c1-2-18-9-13(8-16-18)20-15-12(10-19)7-11-5-3-4-6-14(11)17-15/h3-9,19H,2,10H2,1H3. The number of rotatable bonds is 4. The van der Waals surface area contributed by atoms with E-state index in [0.717, 1.165) is 17.4 Å². The lowest BCUT2D eigenvalue weighted by atomic mass is 10.1. The van der Waals surface area contributed by atoms with E-state index >= 15 is 0 Å². The number of nitrogens with zero attached hydrogens (tertiary/aromatic N) is 3. The summed E-state index contributed by atoms with van der Waals surface area (Å²) in [6.45, 7) is 2.67. The molecule has 0 aliphatic heterocycles. The minimum Gasteiger partial charge on any atom is -0.435 e. The summed E-state index contributed by atoms with van der Waals surface area (Å²) >= 11 is 0. The summed E-state index contributed by atoms with van der Waals surface area (Å²) < 4.78 is 7.51. The Kier molecular flexibility index (Phi) is 3.35. The predicted octanol–water partition coefficient (Wildman–Crippen LogP) is 2.74. The molecule has 0 amide bonds. The average Bonchev–Trinajstić information content (AvgIpc) is 2.94. The molecule has 3 rings (SSSR count). The van der Waals surface area contributed by atoms with E-state index in [1.165, 1.54) is 0 Å². The van der Waals surface area contributed by atoms with Gasteiger partial charge in [0.25, 0.3) is 0 Å². The van der Waals surface area contributed by atoms with Crippen LogP contribution in [-0.2, 0) is 13.2 Å². The van der Waals surface area contributed by atoms with Crippen molar-refractivity contribution in [2.75, 3.05) is 0 Å². The van der Waals surface area contributed by atoms with Crippen LogP contribution in [0.15, 0.2) is 42.7 Å². The number of benzene rings is 1. The van der Waals surface area contributed by atoms with Gasteiger partial charge in [0.2, 0.25) is 5.88 Å². The van der Waals surface area contributed by atoms with E-state index in [9.17, 15) is 5.11 Å². The van der Waals surface area contributed by atoms with E-state index in [4.69, 9.17) is 4.74 Å². The second-order valence-electron chi connectivity index (χ2n) is 4.44. The van der Waals surface area contributed by atoms with Gasteiger partial charge in [0, 0.05) is 17.5 Å². The molecule has 0 saturated carbocycles. The molecule has 0 atom stereocenters. The fourth-order valence-electron chi connectivity index (χ4n) is 2.03. The zero-order valence-corrected chi connectivity index (χ0v) is 11.2. The Bertz CT molecular complexity index is 737. The number of aliphatic hydroxyl groups is 1. The largest absolute Gasteiger partial charge is 0.435 e. The highest BCUT2D eigenvalue weighted by atomic mass is 16.5. The molecule has 102 valence electrons. The van der Waals surface area contributed by atoms with Crippen LogP contribution in [0, 0.1) is 0 Å². The van der Waals surface area contributed by atoms with Crippen LogP contribution in [-0.4, -0.2) is 19.9 Å². The van der Waals surface area contributed by atoms with Gasteiger partial charge in [-0.25, -0.2) is 4.98 Å². The zero-order chi connectivity index (χ0) is 13.9. The van der Waals surface area contributed by atoms with Crippen LogP contribution in [0.25, 0.3) is 10.9 Å². The molecule has 0 unspecified atom stereocenters. The van der Waals surface area contributed by atoms with Crippen LogP contribution in [0.4, 0.5) is 0 Å². The smallest absolute Gasteiger partial charge is 0.225 e. The number of aryl methyl sites for hydroxylation is 1. The normalized spacial score (nSPS) is 10.9. The highest BCUT2D eigenvalue weighted by Crippen LogP contribution is 2.26. The minimum absolute atomic E-state index is 0.116. The van der Waals surface area contributed by atoms with E-state index < -0.39 is 0 Å². The predicted molar refractivity (Wildman–Crippen MR) is 75.6 cm³/mol. The molecule has 0 radical (unpaired) electrons. The first kappa shape index (κ1) is 12.6. The SMILES string of the molecule is CCn1cc(Oc2nc3ccccc3cc2CO)cn1. The molecular formula is C15H15N3O2. The molecule has 0 bridgehead atoms. The van der Waals surface area contributed by atoms with Gasteiger partial charge in [0.05, 0.1) is 24.5 Å². The number of hydrogen-bond donors (Lipinski definition) is 1. The molecule has 0 saturated heterocycles. The van der Waals surface area contributed by atoms with Crippen molar-refractivity contribution in [3.63, 3.8) is 0 Å². The fraction of sp³-hybridized carbons (Fsp3) is 0.200. The van der Waals surface area contributed by atoms with Crippen molar-refractivity contribution in [2.24, 2.45) is 0 Å². The molecule has 2 aromatic heterocycles. The summed E-state index contributed by atoms with van der Waals surface area (Å²) in [7, 11) is 0. The third-order valence-electron chi connectivity index (χ3n) is 3.08. The molecule has 3 aromatic rings. The molecule has 0 aliphatic carbocycles. The maximum Gasteiger partial charge on any atom is 0.225 e. The molecule has 5 nitrogen and oxygen atoms in total. The Morgan fingerprint density at radius 2 is 2.15 bits per heavy atom. The van der Waals surface area contributed by atoms with Gasteiger partial charge in [0.1, 0.15) is 0 Å². The van der Waals surface area contributed by atoms with E-state index in [1.807, 2.05) is 37.3 Å². The summed E-state index contributed by atoms with van der Waals surface area (Å²) in [6.07, 6.45) is 3.44. The monoisotopic (exact) mass is 269 g/mol. The Hall–Kier alpha value is -2.40. The van der Waals surface area contributed by atoms with Gasteiger partial charge >= 0.3 is 0 Å². The van der Waals surface area contributed by atoms with Crippen LogP contribution < -0.4 is 4.74 Å². The van der Waals surface area contributed by atoms with Crippen molar-refractivity contribution in [3.05, 3.63) is 48.3 Å². The van der Waals surface area contributed by atoms with Gasteiger partial charge in [-0.05, 0) is 19.1 Å². The van der Waals surface area contributed by atoms with Crippen molar-refractivity contribution >= 4 is 10.9 Å². The topological polar surface area (TPSA) is 60.2 Å². The van der Waals surface area contributed by atoms with Crippen molar-refractivity contribution in [1.29, 1.82) is 0 Å². The Morgan fingerprint density at radius 1 is 1.30 bits per heavy atom. The molecule has 1 N–H and O–H groups in total. The number of aliphatic hydroxyl groups excluding tert-OH is 1. The fourth-order valence-corrected chi connectivity index (χ4v) is 2.03. The number of hydrogen-bond acceptors (Lipinski definition) is 4. The molecule has 2 heterocycles. The van der Waals surface area contributed by atoms with Crippen LogP contribution in [0.2, 0.25) is 0 Å². The summed E-state index contributed by atoms with van der Waals surface area (Å²) in [5.74, 6) is 1.03. The molecule has 0 aliphatic rings. The molecule has 5 heteroatoms. The second kappa shape index (κ2) is 5.30. The van der Waals surface area contributed by atoms with Crippen LogP contribution in [0.3, 0.4) is 0 Å². The third kappa shape index (κ3) is 2.35. The minimum atomic E-state index is -0.116. The first-order chi connectivity index (χ1) is 9.80. The number of para-hydroxylation sites is 1. The summed E-state index contributed by atoms with van der Waals surface area (Å²) in [6, 6.07) is 9.63. The lowest BCUT2D eigenvalue weighted by Gasteiger charge is -2.08. The molecule has 20 heavy (non-hydrogen) atoms. The van der Waals surface area contributed by atoms with Crippen LogP contribution >= 0.6 is 0 Å². The van der Waals surface area contributed by atoms with Crippen LogP contribution in [0.1, 0.15) is 12.5 Å².